The van der Waals surface area contributed by atoms with Gasteiger partial charge >= 0.3 is 0 Å². The van der Waals surface area contributed by atoms with Gasteiger partial charge in [0.15, 0.2) is 0 Å². The summed E-state index contributed by atoms with van der Waals surface area (Å²) in [5.41, 5.74) is 9.81. The van der Waals surface area contributed by atoms with Crippen molar-refractivity contribution >= 4 is 5.69 Å². The van der Waals surface area contributed by atoms with E-state index in [2.05, 4.69) is 30.0 Å². The maximum Gasteiger partial charge on any atom is 0.0356 e. The van der Waals surface area contributed by atoms with Crippen molar-refractivity contribution < 1.29 is 0 Å². The molecule has 1 aromatic carbocycles. The molecule has 0 saturated heterocycles. The molecule has 0 aromatic heterocycles. The lowest BCUT2D eigenvalue weighted by molar-refractivity contribution is 0.186. The number of rotatable bonds is 4. The number of nitrogens with zero attached hydrogens (tertiary/aromatic N) is 1. The molecule has 2 aliphatic rings. The Morgan fingerprint density at radius 1 is 1.29 bits per heavy atom. The summed E-state index contributed by atoms with van der Waals surface area (Å²) in [6.07, 6.45) is 6.56. The van der Waals surface area contributed by atoms with Gasteiger partial charge in [-0.2, -0.15) is 0 Å². The second-order valence-corrected chi connectivity index (χ2v) is 5.48. The third-order valence-corrected chi connectivity index (χ3v) is 4.11. The van der Waals surface area contributed by atoms with E-state index < -0.39 is 0 Å². The third-order valence-electron chi connectivity index (χ3n) is 4.11. The van der Waals surface area contributed by atoms with Crippen LogP contribution in [0.4, 0.5) is 5.69 Å². The Balaban J connectivity index is 1.86. The molecule has 1 saturated carbocycles. The largest absolute Gasteiger partial charge is 0.399 e. The lowest BCUT2D eigenvalue weighted by atomic mass is 10.1. The normalized spacial score (nSPS) is 23.1. The highest BCUT2D eigenvalue weighted by atomic mass is 15.2. The van der Waals surface area contributed by atoms with Gasteiger partial charge in [0.05, 0.1) is 0 Å². The van der Waals surface area contributed by atoms with Gasteiger partial charge in [-0.3, -0.25) is 4.90 Å². The molecule has 0 aliphatic heterocycles. The van der Waals surface area contributed by atoms with Crippen LogP contribution in [0.3, 0.4) is 0 Å². The molecule has 1 fully saturated rings. The van der Waals surface area contributed by atoms with Gasteiger partial charge in [-0.25, -0.2) is 0 Å². The molecule has 0 spiro atoms. The van der Waals surface area contributed by atoms with E-state index >= 15 is 0 Å². The Morgan fingerprint density at radius 3 is 2.82 bits per heavy atom. The highest BCUT2D eigenvalue weighted by Crippen LogP contribution is 2.42. The molecule has 1 aromatic rings. The summed E-state index contributed by atoms with van der Waals surface area (Å²) >= 11 is 0. The van der Waals surface area contributed by atoms with Gasteiger partial charge < -0.3 is 5.73 Å². The number of nitrogen functional groups attached to an aromatic ring is 1. The molecule has 2 aliphatic carbocycles. The lowest BCUT2D eigenvalue weighted by Gasteiger charge is -2.29. The number of anilines is 1. The van der Waals surface area contributed by atoms with Crippen molar-refractivity contribution in [2.24, 2.45) is 0 Å². The Morgan fingerprint density at radius 2 is 2.12 bits per heavy atom. The van der Waals surface area contributed by atoms with E-state index in [1.54, 1.807) is 5.56 Å². The summed E-state index contributed by atoms with van der Waals surface area (Å²) < 4.78 is 0. The summed E-state index contributed by atoms with van der Waals surface area (Å²) in [4.78, 5) is 2.74. The van der Waals surface area contributed by atoms with Crippen molar-refractivity contribution in [2.45, 2.75) is 51.1 Å². The topological polar surface area (TPSA) is 29.3 Å². The minimum absolute atomic E-state index is 0.665. The Hall–Kier alpha value is -1.02. The van der Waals surface area contributed by atoms with E-state index in [4.69, 9.17) is 5.73 Å². The van der Waals surface area contributed by atoms with E-state index in [9.17, 15) is 0 Å². The molecule has 92 valence electrons. The summed E-state index contributed by atoms with van der Waals surface area (Å²) in [6, 6.07) is 8.02. The Kier molecular flexibility index (Phi) is 2.83. The van der Waals surface area contributed by atoms with Crippen molar-refractivity contribution in [3.8, 4) is 0 Å². The number of hydrogen-bond donors (Lipinski definition) is 1. The van der Waals surface area contributed by atoms with Gasteiger partial charge in [-0.05, 0) is 61.9 Å². The van der Waals surface area contributed by atoms with Crippen molar-refractivity contribution in [1.82, 2.24) is 4.90 Å². The first-order chi connectivity index (χ1) is 8.29. The highest BCUT2D eigenvalue weighted by Gasteiger charge is 2.36. The fraction of sp³-hybridized carbons (Fsp3) is 0.600. The number of nitrogens with two attached hydrogens (primary N) is 1. The van der Waals surface area contributed by atoms with Crippen molar-refractivity contribution in [3.63, 3.8) is 0 Å². The van der Waals surface area contributed by atoms with Crippen LogP contribution in [0.1, 0.15) is 49.8 Å². The first-order valence-electron chi connectivity index (χ1n) is 6.93. The van der Waals surface area contributed by atoms with Gasteiger partial charge in [0.25, 0.3) is 0 Å². The smallest absolute Gasteiger partial charge is 0.0356 e. The van der Waals surface area contributed by atoms with E-state index in [0.29, 0.717) is 6.04 Å². The molecule has 17 heavy (non-hydrogen) atoms. The second-order valence-electron chi connectivity index (χ2n) is 5.48. The molecule has 0 heterocycles. The molecule has 1 atom stereocenters. The van der Waals surface area contributed by atoms with Crippen LogP contribution in [-0.2, 0) is 6.42 Å². The molecule has 0 radical (unpaired) electrons. The van der Waals surface area contributed by atoms with E-state index in [0.717, 1.165) is 11.7 Å². The maximum absolute atomic E-state index is 5.87. The van der Waals surface area contributed by atoms with Crippen molar-refractivity contribution in [3.05, 3.63) is 29.3 Å². The zero-order valence-corrected chi connectivity index (χ0v) is 10.7. The first kappa shape index (κ1) is 11.1. The van der Waals surface area contributed by atoms with E-state index in [1.165, 1.54) is 44.2 Å². The predicted molar refractivity (Wildman–Crippen MR) is 71.9 cm³/mol. The SMILES string of the molecule is CCCN(C1CC1)C1CCc2cc(N)ccc21. The Bertz CT molecular complexity index is 409. The minimum atomic E-state index is 0.665. The highest BCUT2D eigenvalue weighted by molar-refractivity contribution is 5.47. The van der Waals surface area contributed by atoms with Crippen LogP contribution in [0.2, 0.25) is 0 Å². The van der Waals surface area contributed by atoms with Crippen LogP contribution in [0.25, 0.3) is 0 Å². The van der Waals surface area contributed by atoms with Crippen LogP contribution in [0, 0.1) is 0 Å². The monoisotopic (exact) mass is 230 g/mol. The van der Waals surface area contributed by atoms with Crippen LogP contribution in [-0.4, -0.2) is 17.5 Å². The molecule has 2 N–H and O–H groups in total. The number of aryl methyl sites for hydroxylation is 1. The van der Waals surface area contributed by atoms with Gasteiger partial charge in [-0.1, -0.05) is 13.0 Å². The van der Waals surface area contributed by atoms with E-state index in [1.807, 2.05) is 0 Å². The Labute approximate surface area is 104 Å². The molecule has 0 bridgehead atoms. The zero-order valence-electron chi connectivity index (χ0n) is 10.7. The lowest BCUT2D eigenvalue weighted by Crippen LogP contribution is -2.30. The van der Waals surface area contributed by atoms with Gasteiger partial charge in [-0.15, -0.1) is 0 Å². The zero-order chi connectivity index (χ0) is 11.8. The maximum atomic E-state index is 5.87. The van der Waals surface area contributed by atoms with Crippen molar-refractivity contribution in [1.29, 1.82) is 0 Å². The summed E-state index contributed by atoms with van der Waals surface area (Å²) in [5.74, 6) is 0. The molecule has 2 heteroatoms. The minimum Gasteiger partial charge on any atom is -0.399 e. The van der Waals surface area contributed by atoms with Crippen molar-refractivity contribution in [2.75, 3.05) is 12.3 Å². The number of fused-ring (bicyclic) bond motifs is 1. The second kappa shape index (κ2) is 4.34. The van der Waals surface area contributed by atoms with Crippen LogP contribution in [0.15, 0.2) is 18.2 Å². The molecular weight excluding hydrogens is 208 g/mol. The predicted octanol–water partition coefficient (Wildman–Crippen LogP) is 3.13. The summed E-state index contributed by atoms with van der Waals surface area (Å²) in [6.45, 7) is 3.54. The van der Waals surface area contributed by atoms with Gasteiger partial charge in [0.2, 0.25) is 0 Å². The molecular formula is C15H22N2. The number of benzene rings is 1. The van der Waals surface area contributed by atoms with Crippen LogP contribution < -0.4 is 5.73 Å². The van der Waals surface area contributed by atoms with Crippen LogP contribution in [0.5, 0.6) is 0 Å². The summed E-state index contributed by atoms with van der Waals surface area (Å²) in [5, 5.41) is 0. The van der Waals surface area contributed by atoms with Gasteiger partial charge in [0.1, 0.15) is 0 Å². The molecule has 0 amide bonds. The average molecular weight is 230 g/mol. The molecule has 2 nitrogen and oxygen atoms in total. The standard InChI is InChI=1S/C15H22N2/c1-2-9-17(13-5-6-13)15-8-3-11-10-12(16)4-7-14(11)15/h4,7,10,13,15H,2-3,5-6,8-9,16H2,1H3. The fourth-order valence-electron chi connectivity index (χ4n) is 3.22. The average Bonchev–Trinajstić information content (AvgIpc) is 3.07. The van der Waals surface area contributed by atoms with Gasteiger partial charge in [0, 0.05) is 17.8 Å². The van der Waals surface area contributed by atoms with E-state index in [-0.39, 0.29) is 0 Å². The quantitative estimate of drug-likeness (QED) is 0.805. The fourth-order valence-corrected chi connectivity index (χ4v) is 3.22. The first-order valence-corrected chi connectivity index (χ1v) is 6.93. The molecule has 1 unspecified atom stereocenters. The molecule has 3 rings (SSSR count). The third kappa shape index (κ3) is 2.06. The number of hydrogen-bond acceptors (Lipinski definition) is 2. The van der Waals surface area contributed by atoms with Crippen LogP contribution >= 0.6 is 0 Å². The summed E-state index contributed by atoms with van der Waals surface area (Å²) in [7, 11) is 0.